The maximum atomic E-state index is 5.67. The number of fused-ring (bicyclic) bond motifs is 1. The Kier molecular flexibility index (Phi) is 5.39. The highest BCUT2D eigenvalue weighted by Crippen LogP contribution is 2.42. The zero-order valence-electron chi connectivity index (χ0n) is 14.2. The van der Waals surface area contributed by atoms with Crippen molar-refractivity contribution in [3.05, 3.63) is 23.4 Å². The Hall–Kier alpha value is -0.930. The minimum Gasteiger partial charge on any atom is -0.353 e. The summed E-state index contributed by atoms with van der Waals surface area (Å²) < 4.78 is 13.8. The summed E-state index contributed by atoms with van der Waals surface area (Å²) in [4.78, 5) is 0. The molecule has 3 nitrogen and oxygen atoms in total. The van der Waals surface area contributed by atoms with E-state index in [1.165, 1.54) is 23.4 Å². The minimum absolute atomic E-state index is 0.0897. The molecule has 3 heteroatoms. The summed E-state index contributed by atoms with van der Waals surface area (Å²) in [5.74, 6) is 0. The predicted molar refractivity (Wildman–Crippen MR) is 86.6 cm³/mol. The van der Waals surface area contributed by atoms with Crippen molar-refractivity contribution in [3.8, 4) is 0 Å². The van der Waals surface area contributed by atoms with Crippen LogP contribution in [0.2, 0.25) is 0 Å². The van der Waals surface area contributed by atoms with Crippen LogP contribution in [-0.4, -0.2) is 36.3 Å². The summed E-state index contributed by atoms with van der Waals surface area (Å²) in [5, 5.41) is 0. The largest absolute Gasteiger partial charge is 0.353 e. The van der Waals surface area contributed by atoms with Gasteiger partial charge < -0.3 is 9.47 Å². The molecule has 0 saturated carbocycles. The van der Waals surface area contributed by atoms with Crippen molar-refractivity contribution in [2.75, 3.05) is 19.8 Å². The number of nitrogens with zero attached hydrogens (tertiary/aromatic N) is 1. The van der Waals surface area contributed by atoms with E-state index in [2.05, 4.69) is 37.5 Å². The Morgan fingerprint density at radius 2 is 1.76 bits per heavy atom. The van der Waals surface area contributed by atoms with Gasteiger partial charge >= 0.3 is 0 Å². The maximum Gasteiger partial charge on any atom is 0.205 e. The molecule has 0 aromatic rings. The van der Waals surface area contributed by atoms with Crippen LogP contribution in [0.5, 0.6) is 0 Å². The molecule has 0 saturated heterocycles. The van der Waals surface area contributed by atoms with Crippen LogP contribution < -0.4 is 0 Å². The standard InChI is InChI=1S/C18H30NO2/c1-6-20-17(21-7-2)12-13-19-14(3)18(4,5)15-10-8-9-11-16(15)19/h10-11,17H,6-9,12-13H2,1-5H3/q+1. The highest BCUT2D eigenvalue weighted by atomic mass is 16.7. The fourth-order valence-corrected chi connectivity index (χ4v) is 3.32. The molecule has 2 aliphatic rings. The molecule has 2 rings (SSSR count). The monoisotopic (exact) mass is 292 g/mol. The fourth-order valence-electron chi connectivity index (χ4n) is 3.32. The van der Waals surface area contributed by atoms with Crippen molar-refractivity contribution in [1.82, 2.24) is 0 Å². The molecule has 0 unspecified atom stereocenters. The first-order valence-corrected chi connectivity index (χ1v) is 8.28. The van der Waals surface area contributed by atoms with Gasteiger partial charge in [-0.15, -0.1) is 0 Å². The Bertz CT molecular complexity index is 466. The highest BCUT2D eigenvalue weighted by Gasteiger charge is 2.46. The molecule has 1 heterocycles. The first-order chi connectivity index (χ1) is 10.0. The van der Waals surface area contributed by atoms with Gasteiger partial charge in [-0.25, -0.2) is 0 Å². The van der Waals surface area contributed by atoms with E-state index in [4.69, 9.17) is 9.47 Å². The number of ether oxygens (including phenoxy) is 2. The van der Waals surface area contributed by atoms with Crippen LogP contribution >= 0.6 is 0 Å². The van der Waals surface area contributed by atoms with Gasteiger partial charge in [0.1, 0.15) is 0 Å². The smallest absolute Gasteiger partial charge is 0.205 e. The van der Waals surface area contributed by atoms with Gasteiger partial charge in [0, 0.05) is 25.7 Å². The van der Waals surface area contributed by atoms with E-state index in [1.807, 2.05) is 13.8 Å². The highest BCUT2D eigenvalue weighted by molar-refractivity contribution is 5.90. The molecule has 21 heavy (non-hydrogen) atoms. The van der Waals surface area contributed by atoms with Crippen molar-refractivity contribution in [1.29, 1.82) is 0 Å². The predicted octanol–water partition coefficient (Wildman–Crippen LogP) is 3.89. The van der Waals surface area contributed by atoms with Crippen LogP contribution in [0.1, 0.15) is 53.9 Å². The number of allylic oxidation sites excluding steroid dienone is 3. The maximum absolute atomic E-state index is 5.67. The molecular weight excluding hydrogens is 262 g/mol. The van der Waals surface area contributed by atoms with Crippen LogP contribution in [0.4, 0.5) is 0 Å². The molecule has 0 fully saturated rings. The van der Waals surface area contributed by atoms with E-state index in [0.717, 1.165) is 19.4 Å². The summed E-state index contributed by atoms with van der Waals surface area (Å²) in [5.41, 5.74) is 4.50. The molecular formula is C18H30NO2+. The Balaban J connectivity index is 2.13. The summed E-state index contributed by atoms with van der Waals surface area (Å²) in [6.45, 7) is 13.3. The van der Waals surface area contributed by atoms with Crippen molar-refractivity contribution in [3.63, 3.8) is 0 Å². The fraction of sp³-hybridized carbons (Fsp3) is 0.722. The van der Waals surface area contributed by atoms with E-state index < -0.39 is 0 Å². The second-order valence-corrected chi connectivity index (χ2v) is 6.28. The molecule has 0 amide bonds. The number of hydrogen-bond donors (Lipinski definition) is 0. The normalized spacial score (nSPS) is 20.7. The van der Waals surface area contributed by atoms with Gasteiger partial charge in [0.05, 0.1) is 11.8 Å². The van der Waals surface area contributed by atoms with Crippen LogP contribution in [-0.2, 0) is 9.47 Å². The lowest BCUT2D eigenvalue weighted by atomic mass is 9.79. The zero-order valence-corrected chi connectivity index (χ0v) is 14.2. The molecule has 0 aromatic carbocycles. The van der Waals surface area contributed by atoms with Crippen LogP contribution in [0.3, 0.4) is 0 Å². The first-order valence-electron chi connectivity index (χ1n) is 8.28. The Morgan fingerprint density at radius 1 is 1.14 bits per heavy atom. The molecule has 0 radical (unpaired) electrons. The molecule has 1 aliphatic heterocycles. The van der Waals surface area contributed by atoms with E-state index in [0.29, 0.717) is 13.2 Å². The zero-order chi connectivity index (χ0) is 15.5. The molecule has 0 spiro atoms. The SMILES string of the molecule is CCOC(CC[N+]1=C(C)C(C)(C)C2=CCCC=C21)OCC. The van der Waals surface area contributed by atoms with Gasteiger partial charge in [-0.2, -0.15) is 4.58 Å². The summed E-state index contributed by atoms with van der Waals surface area (Å²) in [6, 6.07) is 0. The second-order valence-electron chi connectivity index (χ2n) is 6.28. The van der Waals surface area contributed by atoms with Crippen LogP contribution in [0, 0.1) is 5.41 Å². The Morgan fingerprint density at radius 3 is 2.38 bits per heavy atom. The van der Waals surface area contributed by atoms with Crippen molar-refractivity contribution < 1.29 is 14.0 Å². The lowest BCUT2D eigenvalue weighted by Gasteiger charge is -2.17. The van der Waals surface area contributed by atoms with Crippen LogP contribution in [0.15, 0.2) is 23.4 Å². The molecule has 0 bridgehead atoms. The van der Waals surface area contributed by atoms with E-state index >= 15 is 0 Å². The topological polar surface area (TPSA) is 21.5 Å². The molecule has 118 valence electrons. The average Bonchev–Trinajstić information content (AvgIpc) is 2.66. The minimum atomic E-state index is -0.0897. The summed E-state index contributed by atoms with van der Waals surface area (Å²) in [6.07, 6.45) is 7.95. The van der Waals surface area contributed by atoms with Crippen molar-refractivity contribution >= 4 is 5.71 Å². The van der Waals surface area contributed by atoms with E-state index in [9.17, 15) is 0 Å². The molecule has 0 atom stereocenters. The average molecular weight is 292 g/mol. The van der Waals surface area contributed by atoms with Crippen molar-refractivity contribution in [2.24, 2.45) is 5.41 Å². The van der Waals surface area contributed by atoms with Gasteiger partial charge in [-0.05, 0) is 46.6 Å². The third-order valence-corrected chi connectivity index (χ3v) is 4.70. The third kappa shape index (κ3) is 3.29. The van der Waals surface area contributed by atoms with E-state index in [-0.39, 0.29) is 11.7 Å². The van der Waals surface area contributed by atoms with Gasteiger partial charge in [-0.1, -0.05) is 6.08 Å². The van der Waals surface area contributed by atoms with Crippen LogP contribution in [0.25, 0.3) is 0 Å². The van der Waals surface area contributed by atoms with Gasteiger partial charge in [-0.3, -0.25) is 0 Å². The number of hydrogen-bond acceptors (Lipinski definition) is 2. The lowest BCUT2D eigenvalue weighted by molar-refractivity contribution is -0.474. The third-order valence-electron chi connectivity index (χ3n) is 4.70. The molecule has 0 N–H and O–H groups in total. The summed E-state index contributed by atoms with van der Waals surface area (Å²) >= 11 is 0. The first kappa shape index (κ1) is 16.4. The van der Waals surface area contributed by atoms with Gasteiger partial charge in [0.15, 0.2) is 18.5 Å². The Labute approximate surface area is 129 Å². The second kappa shape index (κ2) is 6.89. The molecule has 1 aliphatic carbocycles. The van der Waals surface area contributed by atoms with Gasteiger partial charge in [0.2, 0.25) is 5.70 Å². The van der Waals surface area contributed by atoms with Gasteiger partial charge in [0.25, 0.3) is 0 Å². The molecule has 0 aromatic heterocycles. The van der Waals surface area contributed by atoms with E-state index in [1.54, 1.807) is 0 Å². The summed E-state index contributed by atoms with van der Waals surface area (Å²) in [7, 11) is 0. The quantitative estimate of drug-likeness (QED) is 0.524. The lowest BCUT2D eigenvalue weighted by Crippen LogP contribution is -2.26. The number of rotatable bonds is 7. The van der Waals surface area contributed by atoms with Crippen molar-refractivity contribution in [2.45, 2.75) is 60.2 Å².